The first kappa shape index (κ1) is 16.5. The Bertz CT molecular complexity index is 435. The Morgan fingerprint density at radius 1 is 1.40 bits per heavy atom. The van der Waals surface area contributed by atoms with Crippen LogP contribution in [0.15, 0.2) is 18.2 Å². The van der Waals surface area contributed by atoms with E-state index in [0.717, 1.165) is 31.5 Å². The van der Waals surface area contributed by atoms with Crippen LogP contribution in [0.3, 0.4) is 0 Å². The summed E-state index contributed by atoms with van der Waals surface area (Å²) in [6.07, 6.45) is 2.25. The molecule has 0 spiro atoms. The number of hydrogen-bond acceptors (Lipinski definition) is 4. The largest absolute Gasteiger partial charge is 0.496 e. The lowest BCUT2D eigenvalue weighted by Gasteiger charge is -2.21. The molecule has 5 heteroatoms. The summed E-state index contributed by atoms with van der Waals surface area (Å²) in [6, 6.07) is 5.68. The van der Waals surface area contributed by atoms with Gasteiger partial charge in [0.05, 0.1) is 19.3 Å². The van der Waals surface area contributed by atoms with Gasteiger partial charge in [-0.25, -0.2) is 0 Å². The van der Waals surface area contributed by atoms with Crippen molar-refractivity contribution in [3.05, 3.63) is 29.3 Å². The maximum absolute atomic E-state index is 9.12. The molecule has 0 radical (unpaired) electrons. The van der Waals surface area contributed by atoms with Crippen LogP contribution < -0.4 is 10.5 Å². The third-order valence-corrected chi connectivity index (χ3v) is 3.21. The van der Waals surface area contributed by atoms with Crippen LogP contribution in [-0.4, -0.2) is 42.6 Å². The molecule has 0 saturated heterocycles. The van der Waals surface area contributed by atoms with Crippen LogP contribution in [0, 0.1) is 5.41 Å². The quantitative estimate of drug-likeness (QED) is 0.473. The summed E-state index contributed by atoms with van der Waals surface area (Å²) >= 11 is 0. The molecule has 112 valence electrons. The van der Waals surface area contributed by atoms with Crippen molar-refractivity contribution in [2.24, 2.45) is 5.73 Å². The normalized spacial score (nSPS) is 10.8. The van der Waals surface area contributed by atoms with Gasteiger partial charge in [-0.2, -0.15) is 0 Å². The average Bonchev–Trinajstić information content (AvgIpc) is 2.44. The Kier molecular flexibility index (Phi) is 7.04. The molecule has 0 unspecified atom stereocenters. The molecule has 0 aliphatic carbocycles. The third kappa shape index (κ3) is 4.83. The fraction of sp³-hybridized carbons (Fsp3) is 0.533. The lowest BCUT2D eigenvalue weighted by molar-refractivity contribution is 0.188. The number of hydrogen-bond donors (Lipinski definition) is 3. The molecule has 20 heavy (non-hydrogen) atoms. The lowest BCUT2D eigenvalue weighted by atomic mass is 10.1. The summed E-state index contributed by atoms with van der Waals surface area (Å²) in [7, 11) is 1.58. The molecule has 0 atom stereocenters. The first-order valence-corrected chi connectivity index (χ1v) is 6.96. The van der Waals surface area contributed by atoms with Crippen LogP contribution in [0.4, 0.5) is 0 Å². The van der Waals surface area contributed by atoms with Gasteiger partial charge in [0.2, 0.25) is 0 Å². The third-order valence-electron chi connectivity index (χ3n) is 3.21. The van der Waals surface area contributed by atoms with Crippen molar-refractivity contribution in [3.8, 4) is 5.75 Å². The van der Waals surface area contributed by atoms with Gasteiger partial charge >= 0.3 is 0 Å². The molecule has 1 rings (SSSR count). The highest BCUT2D eigenvalue weighted by molar-refractivity contribution is 5.97. The SMILES string of the molecule is CCCCN(CCO)Cc1ccc(C(=N)N)c(OC)c1. The molecule has 4 N–H and O–H groups in total. The van der Waals surface area contributed by atoms with Crippen molar-refractivity contribution < 1.29 is 9.84 Å². The van der Waals surface area contributed by atoms with Gasteiger partial charge in [0.15, 0.2) is 0 Å². The minimum absolute atomic E-state index is 0.00611. The van der Waals surface area contributed by atoms with Crippen LogP contribution in [0.2, 0.25) is 0 Å². The highest BCUT2D eigenvalue weighted by atomic mass is 16.5. The molecule has 5 nitrogen and oxygen atoms in total. The summed E-state index contributed by atoms with van der Waals surface area (Å²) < 4.78 is 5.28. The minimum Gasteiger partial charge on any atom is -0.496 e. The number of aliphatic hydroxyl groups is 1. The van der Waals surface area contributed by atoms with Crippen LogP contribution in [0.1, 0.15) is 30.9 Å². The zero-order valence-corrected chi connectivity index (χ0v) is 12.4. The predicted octanol–water partition coefficient (Wildman–Crippen LogP) is 1.57. The van der Waals surface area contributed by atoms with E-state index >= 15 is 0 Å². The fourth-order valence-corrected chi connectivity index (χ4v) is 2.11. The van der Waals surface area contributed by atoms with Crippen molar-refractivity contribution in [2.75, 3.05) is 26.8 Å². The van der Waals surface area contributed by atoms with Crippen molar-refractivity contribution in [1.29, 1.82) is 5.41 Å². The monoisotopic (exact) mass is 279 g/mol. The van der Waals surface area contributed by atoms with Crippen molar-refractivity contribution >= 4 is 5.84 Å². The average molecular weight is 279 g/mol. The molecule has 0 heterocycles. The standard InChI is InChI=1S/C15H25N3O2/c1-3-4-7-18(8-9-19)11-12-5-6-13(15(16)17)14(10-12)20-2/h5-6,10,19H,3-4,7-9,11H2,1-2H3,(H3,16,17). The number of nitrogens with one attached hydrogen (secondary N) is 1. The molecule has 1 aromatic rings. The second kappa shape index (κ2) is 8.55. The number of amidine groups is 1. The van der Waals surface area contributed by atoms with E-state index < -0.39 is 0 Å². The molecule has 1 aromatic carbocycles. The molecule has 0 fully saturated rings. The summed E-state index contributed by atoms with van der Waals surface area (Å²) in [6.45, 7) is 4.70. The number of nitrogen functional groups attached to an aromatic ring is 1. The fourth-order valence-electron chi connectivity index (χ4n) is 2.11. The minimum atomic E-state index is 0.00611. The Labute approximate surface area is 120 Å². The van der Waals surface area contributed by atoms with Crippen LogP contribution in [0.5, 0.6) is 5.75 Å². The topological polar surface area (TPSA) is 82.6 Å². The Balaban J connectivity index is 2.81. The highest BCUT2D eigenvalue weighted by Crippen LogP contribution is 2.20. The number of unbranched alkanes of at least 4 members (excludes halogenated alkanes) is 1. The highest BCUT2D eigenvalue weighted by Gasteiger charge is 2.10. The first-order valence-electron chi connectivity index (χ1n) is 6.96. The van der Waals surface area contributed by atoms with E-state index in [1.54, 1.807) is 7.11 Å². The van der Waals surface area contributed by atoms with Gasteiger partial charge in [0.25, 0.3) is 0 Å². The number of rotatable bonds is 9. The maximum Gasteiger partial charge on any atom is 0.130 e. The van der Waals surface area contributed by atoms with Gasteiger partial charge in [-0.15, -0.1) is 0 Å². The van der Waals surface area contributed by atoms with E-state index in [4.69, 9.17) is 21.0 Å². The van der Waals surface area contributed by atoms with E-state index in [1.807, 2.05) is 18.2 Å². The van der Waals surface area contributed by atoms with Crippen molar-refractivity contribution in [3.63, 3.8) is 0 Å². The number of methoxy groups -OCH3 is 1. The van der Waals surface area contributed by atoms with Crippen molar-refractivity contribution in [1.82, 2.24) is 4.90 Å². The molecule has 0 bridgehead atoms. The first-order chi connectivity index (χ1) is 9.62. The Hall–Kier alpha value is -1.59. The van der Waals surface area contributed by atoms with E-state index in [1.165, 1.54) is 0 Å². The van der Waals surface area contributed by atoms with Gasteiger partial charge in [-0.3, -0.25) is 10.3 Å². The molecular weight excluding hydrogens is 254 g/mol. The van der Waals surface area contributed by atoms with Gasteiger partial charge < -0.3 is 15.6 Å². The lowest BCUT2D eigenvalue weighted by Crippen LogP contribution is -2.27. The van der Waals surface area contributed by atoms with E-state index in [2.05, 4.69) is 11.8 Å². The number of nitrogens with zero attached hydrogens (tertiary/aromatic N) is 1. The maximum atomic E-state index is 9.12. The summed E-state index contributed by atoms with van der Waals surface area (Å²) in [5.41, 5.74) is 7.22. The zero-order chi connectivity index (χ0) is 15.0. The predicted molar refractivity (Wildman–Crippen MR) is 81.3 cm³/mol. The van der Waals surface area contributed by atoms with Crippen LogP contribution in [-0.2, 0) is 6.54 Å². The van der Waals surface area contributed by atoms with Crippen LogP contribution >= 0.6 is 0 Å². The van der Waals surface area contributed by atoms with Gasteiger partial charge in [0, 0.05) is 13.1 Å². The molecule has 0 aromatic heterocycles. The van der Waals surface area contributed by atoms with E-state index in [9.17, 15) is 0 Å². The van der Waals surface area contributed by atoms with E-state index in [-0.39, 0.29) is 12.4 Å². The number of nitrogens with two attached hydrogens (primary N) is 1. The van der Waals surface area contributed by atoms with E-state index in [0.29, 0.717) is 17.9 Å². The second-order valence-corrected chi connectivity index (χ2v) is 4.80. The zero-order valence-electron chi connectivity index (χ0n) is 12.4. The van der Waals surface area contributed by atoms with Gasteiger partial charge in [-0.1, -0.05) is 19.4 Å². The molecule has 0 aliphatic rings. The van der Waals surface area contributed by atoms with Gasteiger partial charge in [-0.05, 0) is 30.7 Å². The Morgan fingerprint density at radius 2 is 2.15 bits per heavy atom. The van der Waals surface area contributed by atoms with Crippen molar-refractivity contribution in [2.45, 2.75) is 26.3 Å². The second-order valence-electron chi connectivity index (χ2n) is 4.80. The summed E-state index contributed by atoms with van der Waals surface area (Å²) in [5, 5.41) is 16.6. The number of aliphatic hydroxyl groups excluding tert-OH is 1. The molecule has 0 saturated carbocycles. The number of ether oxygens (including phenoxy) is 1. The molecular formula is C15H25N3O2. The smallest absolute Gasteiger partial charge is 0.130 e. The Morgan fingerprint density at radius 3 is 2.70 bits per heavy atom. The molecule has 0 aliphatic heterocycles. The number of benzene rings is 1. The summed E-state index contributed by atoms with van der Waals surface area (Å²) in [4.78, 5) is 2.21. The van der Waals surface area contributed by atoms with Crippen LogP contribution in [0.25, 0.3) is 0 Å². The summed E-state index contributed by atoms with van der Waals surface area (Å²) in [5.74, 6) is 0.626. The molecule has 0 amide bonds. The van der Waals surface area contributed by atoms with Gasteiger partial charge in [0.1, 0.15) is 11.6 Å².